The summed E-state index contributed by atoms with van der Waals surface area (Å²) in [6.07, 6.45) is 0.974. The number of nitrogens with one attached hydrogen (secondary N) is 2. The first-order chi connectivity index (χ1) is 10.1. The fourth-order valence-electron chi connectivity index (χ4n) is 2.83. The zero-order chi connectivity index (χ0) is 14.8. The van der Waals surface area contributed by atoms with Gasteiger partial charge in [0.15, 0.2) is 0 Å². The predicted octanol–water partition coefficient (Wildman–Crippen LogP) is 1.51. The van der Waals surface area contributed by atoms with Crippen LogP contribution in [0, 0.1) is 17.7 Å². The lowest BCUT2D eigenvalue weighted by molar-refractivity contribution is -0.122. The zero-order valence-corrected chi connectivity index (χ0v) is 12.4. The molecule has 4 nitrogen and oxygen atoms in total. The molecule has 1 aliphatic heterocycles. The van der Waals surface area contributed by atoms with Crippen molar-refractivity contribution < 1.29 is 9.18 Å². The van der Waals surface area contributed by atoms with E-state index in [1.807, 2.05) is 12.1 Å². The largest absolute Gasteiger partial charge is 0.367 e. The highest BCUT2D eigenvalue weighted by Gasteiger charge is 2.38. The van der Waals surface area contributed by atoms with Gasteiger partial charge in [-0.05, 0) is 30.0 Å². The Kier molecular flexibility index (Phi) is 4.10. The number of halogens is 1. The normalized spacial score (nSPS) is 24.8. The van der Waals surface area contributed by atoms with Gasteiger partial charge in [0.25, 0.3) is 0 Å². The maximum absolute atomic E-state index is 14.2. The second-order valence-corrected chi connectivity index (χ2v) is 6.06. The van der Waals surface area contributed by atoms with Gasteiger partial charge in [0, 0.05) is 38.6 Å². The molecule has 2 fully saturated rings. The van der Waals surface area contributed by atoms with Crippen molar-refractivity contribution in [3.63, 3.8) is 0 Å². The first-order valence-corrected chi connectivity index (χ1v) is 7.67. The molecule has 2 aliphatic rings. The molecule has 2 atom stereocenters. The smallest absolute Gasteiger partial charge is 0.223 e. The van der Waals surface area contributed by atoms with Crippen LogP contribution in [0.2, 0.25) is 0 Å². The molecule has 0 unspecified atom stereocenters. The van der Waals surface area contributed by atoms with E-state index in [1.165, 1.54) is 6.07 Å². The summed E-state index contributed by atoms with van der Waals surface area (Å²) < 4.78 is 14.2. The number of piperazine rings is 1. The minimum Gasteiger partial charge on any atom is -0.367 e. The van der Waals surface area contributed by atoms with Gasteiger partial charge in [-0.3, -0.25) is 4.79 Å². The summed E-state index contributed by atoms with van der Waals surface area (Å²) >= 11 is 0. The first kappa shape index (κ1) is 14.3. The Hall–Kier alpha value is -1.62. The third-order valence-electron chi connectivity index (χ3n) is 4.38. The van der Waals surface area contributed by atoms with Gasteiger partial charge in [-0.25, -0.2) is 4.39 Å². The summed E-state index contributed by atoms with van der Waals surface area (Å²) in [5.74, 6) is 0.546. The lowest BCUT2D eigenvalue weighted by Gasteiger charge is -2.29. The van der Waals surface area contributed by atoms with Crippen LogP contribution < -0.4 is 15.5 Å². The van der Waals surface area contributed by atoms with Crippen molar-refractivity contribution in [3.05, 3.63) is 29.6 Å². The van der Waals surface area contributed by atoms with Crippen LogP contribution in [0.15, 0.2) is 18.2 Å². The number of carbonyl (C=O) groups excluding carboxylic acids is 1. The molecule has 0 radical (unpaired) electrons. The van der Waals surface area contributed by atoms with Crippen LogP contribution in [-0.4, -0.2) is 32.1 Å². The van der Waals surface area contributed by atoms with Crippen molar-refractivity contribution in [2.45, 2.75) is 19.9 Å². The van der Waals surface area contributed by atoms with Crippen molar-refractivity contribution in [3.8, 4) is 0 Å². The highest BCUT2D eigenvalue weighted by molar-refractivity contribution is 5.81. The molecule has 1 amide bonds. The van der Waals surface area contributed by atoms with E-state index >= 15 is 0 Å². The van der Waals surface area contributed by atoms with Crippen LogP contribution in [0.1, 0.15) is 18.9 Å². The van der Waals surface area contributed by atoms with E-state index in [1.54, 1.807) is 0 Å². The number of hydrogen-bond acceptors (Lipinski definition) is 3. The van der Waals surface area contributed by atoms with Gasteiger partial charge >= 0.3 is 0 Å². The molecule has 1 saturated carbocycles. The van der Waals surface area contributed by atoms with E-state index < -0.39 is 0 Å². The molecule has 1 aromatic carbocycles. The zero-order valence-electron chi connectivity index (χ0n) is 12.4. The Labute approximate surface area is 124 Å². The van der Waals surface area contributed by atoms with E-state index in [9.17, 15) is 9.18 Å². The highest BCUT2D eigenvalue weighted by Crippen LogP contribution is 2.37. The van der Waals surface area contributed by atoms with Crippen LogP contribution in [0.25, 0.3) is 0 Å². The fraction of sp³-hybridized carbons (Fsp3) is 0.562. The van der Waals surface area contributed by atoms with Gasteiger partial charge in [0.1, 0.15) is 5.82 Å². The van der Waals surface area contributed by atoms with Crippen molar-refractivity contribution in [1.82, 2.24) is 10.6 Å². The predicted molar refractivity (Wildman–Crippen MR) is 80.6 cm³/mol. The van der Waals surface area contributed by atoms with Gasteiger partial charge in [-0.15, -0.1) is 0 Å². The Morgan fingerprint density at radius 3 is 2.76 bits per heavy atom. The first-order valence-electron chi connectivity index (χ1n) is 7.67. The molecular weight excluding hydrogens is 269 g/mol. The number of nitrogens with zero attached hydrogens (tertiary/aromatic N) is 1. The molecule has 3 rings (SSSR count). The van der Waals surface area contributed by atoms with Crippen LogP contribution in [0.5, 0.6) is 0 Å². The van der Waals surface area contributed by atoms with Gasteiger partial charge in [0.2, 0.25) is 5.91 Å². The Morgan fingerprint density at radius 2 is 2.14 bits per heavy atom. The van der Waals surface area contributed by atoms with E-state index in [2.05, 4.69) is 22.5 Å². The van der Waals surface area contributed by atoms with E-state index in [0.29, 0.717) is 18.2 Å². The monoisotopic (exact) mass is 291 g/mol. The van der Waals surface area contributed by atoms with Gasteiger partial charge < -0.3 is 15.5 Å². The van der Waals surface area contributed by atoms with Gasteiger partial charge in [-0.2, -0.15) is 0 Å². The third-order valence-corrected chi connectivity index (χ3v) is 4.38. The van der Waals surface area contributed by atoms with Crippen LogP contribution in [-0.2, 0) is 11.3 Å². The SMILES string of the molecule is C[C@@H]1C[C@@H]1C(=O)NCc1ccc(N2CCNCC2)c(F)c1. The number of rotatable bonds is 4. The van der Waals surface area contributed by atoms with Crippen LogP contribution in [0.4, 0.5) is 10.1 Å². The molecule has 21 heavy (non-hydrogen) atoms. The maximum atomic E-state index is 14.2. The van der Waals surface area contributed by atoms with Crippen molar-refractivity contribution in [1.29, 1.82) is 0 Å². The second kappa shape index (κ2) is 6.02. The molecule has 0 aromatic heterocycles. The number of amides is 1. The second-order valence-electron chi connectivity index (χ2n) is 6.06. The lowest BCUT2D eigenvalue weighted by atomic mass is 10.1. The Bertz CT molecular complexity index is 528. The Morgan fingerprint density at radius 1 is 1.43 bits per heavy atom. The summed E-state index contributed by atoms with van der Waals surface area (Å²) in [6.45, 7) is 5.90. The van der Waals surface area contributed by atoms with E-state index in [0.717, 1.165) is 38.2 Å². The molecule has 1 aromatic rings. The molecule has 114 valence electrons. The molecular formula is C16H22FN3O. The van der Waals surface area contributed by atoms with Crippen LogP contribution in [0.3, 0.4) is 0 Å². The maximum Gasteiger partial charge on any atom is 0.223 e. The lowest BCUT2D eigenvalue weighted by Crippen LogP contribution is -2.43. The van der Waals surface area contributed by atoms with Gasteiger partial charge in [-0.1, -0.05) is 13.0 Å². The Balaban J connectivity index is 1.59. The van der Waals surface area contributed by atoms with Crippen LogP contribution >= 0.6 is 0 Å². The quantitative estimate of drug-likeness (QED) is 0.884. The summed E-state index contributed by atoms with van der Waals surface area (Å²) in [5.41, 5.74) is 1.47. The minimum atomic E-state index is -0.205. The van der Waals surface area contributed by atoms with E-state index in [-0.39, 0.29) is 17.6 Å². The third kappa shape index (κ3) is 3.35. The standard InChI is InChI=1S/C16H22FN3O/c1-11-8-13(11)16(21)19-10-12-2-3-15(14(17)9-12)20-6-4-18-5-7-20/h2-3,9,11,13,18H,4-8,10H2,1H3,(H,19,21)/t11-,13+/m1/s1. The van der Waals surface area contributed by atoms with Crippen molar-refractivity contribution in [2.75, 3.05) is 31.1 Å². The molecule has 1 heterocycles. The topological polar surface area (TPSA) is 44.4 Å². The number of anilines is 1. The minimum absolute atomic E-state index is 0.0917. The summed E-state index contributed by atoms with van der Waals surface area (Å²) in [4.78, 5) is 13.8. The molecule has 0 bridgehead atoms. The van der Waals surface area contributed by atoms with E-state index in [4.69, 9.17) is 0 Å². The molecule has 2 N–H and O–H groups in total. The number of hydrogen-bond donors (Lipinski definition) is 2. The highest BCUT2D eigenvalue weighted by atomic mass is 19.1. The van der Waals surface area contributed by atoms with Crippen molar-refractivity contribution in [2.24, 2.45) is 11.8 Å². The molecule has 0 spiro atoms. The average molecular weight is 291 g/mol. The number of carbonyl (C=O) groups is 1. The summed E-state index contributed by atoms with van der Waals surface area (Å²) in [6, 6.07) is 5.26. The molecule has 5 heteroatoms. The van der Waals surface area contributed by atoms with Gasteiger partial charge in [0.05, 0.1) is 5.69 Å². The average Bonchev–Trinajstić information content (AvgIpc) is 3.23. The molecule has 1 aliphatic carbocycles. The fourth-order valence-corrected chi connectivity index (χ4v) is 2.83. The summed E-state index contributed by atoms with van der Waals surface area (Å²) in [7, 11) is 0. The van der Waals surface area contributed by atoms with Crippen molar-refractivity contribution >= 4 is 11.6 Å². The number of benzene rings is 1. The molecule has 1 saturated heterocycles. The summed E-state index contributed by atoms with van der Waals surface area (Å²) in [5, 5.41) is 6.14.